The van der Waals surface area contributed by atoms with Crippen LogP contribution in [0.5, 0.6) is 0 Å². The minimum absolute atomic E-state index is 0.0393. The first-order valence-corrected chi connectivity index (χ1v) is 14.2. The second-order valence-corrected chi connectivity index (χ2v) is 10.2. The molecule has 0 bridgehead atoms. The van der Waals surface area contributed by atoms with Crippen LogP contribution in [0.2, 0.25) is 5.02 Å². The van der Waals surface area contributed by atoms with Crippen LogP contribution in [0.15, 0.2) is 102 Å². The zero-order chi connectivity index (χ0) is 31.2. The minimum Gasteiger partial charge on any atom is -0.466 e. The first-order valence-electron chi connectivity index (χ1n) is 13.8. The van der Waals surface area contributed by atoms with Crippen LogP contribution < -0.4 is 16.2 Å². The smallest absolute Gasteiger partial charge is 0.307 e. The van der Waals surface area contributed by atoms with Crippen molar-refractivity contribution >= 4 is 34.9 Å². The lowest BCUT2D eigenvalue weighted by atomic mass is 10.0. The molecule has 1 amide bonds. The first kappa shape index (κ1) is 32.8. The van der Waals surface area contributed by atoms with Gasteiger partial charge in [-0.3, -0.25) is 19.4 Å². The van der Waals surface area contributed by atoms with E-state index >= 15 is 0 Å². The van der Waals surface area contributed by atoms with E-state index in [1.54, 1.807) is 60.3 Å². The van der Waals surface area contributed by atoms with Gasteiger partial charge in [0.15, 0.2) is 0 Å². The molecule has 2 aromatic heterocycles. The summed E-state index contributed by atoms with van der Waals surface area (Å²) in [5.41, 5.74) is 4.34. The molecule has 0 atom stereocenters. The molecule has 3 aromatic rings. The van der Waals surface area contributed by atoms with Crippen molar-refractivity contribution in [2.75, 3.05) is 25.0 Å². The summed E-state index contributed by atoms with van der Waals surface area (Å²) < 4.78 is 6.58. The maximum atomic E-state index is 13.0. The molecule has 0 aliphatic carbocycles. The number of hydrogen-bond acceptors (Lipinski definition) is 7. The van der Waals surface area contributed by atoms with Crippen LogP contribution in [0.1, 0.15) is 41.8 Å². The summed E-state index contributed by atoms with van der Waals surface area (Å²) >= 11 is 6.18. The van der Waals surface area contributed by atoms with Gasteiger partial charge in [0.2, 0.25) is 0 Å². The van der Waals surface area contributed by atoms with Gasteiger partial charge in [-0.15, -0.1) is 0 Å². The SMILES string of the molecule is C=C/C(=C\C=C(/C)Cn1ccccc1=O)Cc1cncc(C(=O)NCC(=N)c2cc(Cl)ccc2NCCC(=O)OCC)c1. The third-order valence-corrected chi connectivity index (χ3v) is 6.55. The summed E-state index contributed by atoms with van der Waals surface area (Å²) in [6.07, 6.45) is 11.2. The van der Waals surface area contributed by atoms with Gasteiger partial charge in [0.1, 0.15) is 0 Å². The fourth-order valence-electron chi connectivity index (χ4n) is 4.12. The number of carbonyl (C=O) groups is 2. The van der Waals surface area contributed by atoms with Gasteiger partial charge in [-0.25, -0.2) is 0 Å². The highest BCUT2D eigenvalue weighted by Crippen LogP contribution is 2.21. The number of allylic oxidation sites excluding steroid dienone is 5. The van der Waals surface area contributed by atoms with Gasteiger partial charge in [-0.2, -0.15) is 0 Å². The van der Waals surface area contributed by atoms with Crippen LogP contribution in [-0.2, 0) is 22.5 Å². The molecule has 0 fully saturated rings. The van der Waals surface area contributed by atoms with E-state index in [-0.39, 0.29) is 36.1 Å². The monoisotopic (exact) mass is 601 g/mol. The van der Waals surface area contributed by atoms with Crippen LogP contribution >= 0.6 is 11.6 Å². The van der Waals surface area contributed by atoms with Crippen molar-refractivity contribution in [1.82, 2.24) is 14.9 Å². The van der Waals surface area contributed by atoms with Gasteiger partial charge in [0.05, 0.1) is 30.8 Å². The normalized spacial score (nSPS) is 11.5. The standard InChI is InChI=1S/C33H36ClN5O4/c1-4-24(10-9-23(3)22-39-15-7-6-8-31(39)40)16-25-17-26(20-36-19-25)33(42)38-21-29(35)28-18-27(34)11-12-30(28)37-14-13-32(41)43-5-2/h4,6-12,15,17-20,35,37H,1,5,13-14,16,21-22H2,2-3H3,(H,38,42)/b23-9+,24-10+,35-29?. The third-order valence-electron chi connectivity index (χ3n) is 6.31. The number of rotatable bonds is 15. The molecule has 0 saturated carbocycles. The number of ether oxygens (including phenoxy) is 1. The number of amides is 1. The Morgan fingerprint density at radius 3 is 2.72 bits per heavy atom. The zero-order valence-electron chi connectivity index (χ0n) is 24.4. The zero-order valence-corrected chi connectivity index (χ0v) is 25.1. The molecular formula is C33H36ClN5O4. The van der Waals surface area contributed by atoms with E-state index in [0.29, 0.717) is 48.0 Å². The minimum atomic E-state index is -0.369. The van der Waals surface area contributed by atoms with Crippen molar-refractivity contribution < 1.29 is 14.3 Å². The maximum absolute atomic E-state index is 13.0. The summed E-state index contributed by atoms with van der Waals surface area (Å²) in [6, 6.07) is 11.9. The number of esters is 1. The second-order valence-electron chi connectivity index (χ2n) is 9.72. The van der Waals surface area contributed by atoms with Crippen LogP contribution in [0.25, 0.3) is 0 Å². The molecular weight excluding hydrogens is 566 g/mol. The van der Waals surface area contributed by atoms with Gasteiger partial charge in [0.25, 0.3) is 11.5 Å². The van der Waals surface area contributed by atoms with Crippen LogP contribution in [0, 0.1) is 5.41 Å². The van der Waals surface area contributed by atoms with E-state index in [9.17, 15) is 14.4 Å². The number of anilines is 1. The van der Waals surface area contributed by atoms with Gasteiger partial charge in [-0.05, 0) is 61.7 Å². The van der Waals surface area contributed by atoms with Crippen molar-refractivity contribution in [2.24, 2.45) is 0 Å². The molecule has 10 heteroatoms. The Labute approximate surface area is 256 Å². The van der Waals surface area contributed by atoms with Gasteiger partial charge < -0.3 is 25.3 Å². The molecule has 0 aliphatic heterocycles. The van der Waals surface area contributed by atoms with Crippen LogP contribution in [0.4, 0.5) is 5.69 Å². The number of carbonyl (C=O) groups excluding carboxylic acids is 2. The number of aromatic nitrogens is 2. The number of nitrogens with one attached hydrogen (secondary N) is 3. The fraction of sp³-hybridized carbons (Fsp3) is 0.242. The Hall–Kier alpha value is -4.76. The topological polar surface area (TPSA) is 126 Å². The number of pyridine rings is 2. The molecule has 3 N–H and O–H groups in total. The van der Waals surface area contributed by atoms with E-state index in [4.69, 9.17) is 21.7 Å². The lowest BCUT2D eigenvalue weighted by Gasteiger charge is -2.14. The number of hydrogen-bond donors (Lipinski definition) is 3. The second kappa shape index (κ2) is 16.6. The largest absolute Gasteiger partial charge is 0.466 e. The van der Waals surface area contributed by atoms with E-state index in [0.717, 1.165) is 16.7 Å². The van der Waals surface area contributed by atoms with Crippen LogP contribution in [-0.4, -0.2) is 46.8 Å². The highest BCUT2D eigenvalue weighted by atomic mass is 35.5. The Morgan fingerprint density at radius 2 is 1.98 bits per heavy atom. The number of benzene rings is 1. The Morgan fingerprint density at radius 1 is 1.16 bits per heavy atom. The number of halogens is 1. The Kier molecular flexibility index (Phi) is 12.7. The van der Waals surface area contributed by atoms with E-state index in [2.05, 4.69) is 22.2 Å². The number of nitrogens with zero attached hydrogens (tertiary/aromatic N) is 2. The summed E-state index contributed by atoms with van der Waals surface area (Å²) in [5, 5.41) is 14.9. The molecule has 1 aromatic carbocycles. The first-order chi connectivity index (χ1) is 20.7. The molecule has 9 nitrogen and oxygen atoms in total. The van der Waals surface area contributed by atoms with Crippen molar-refractivity contribution in [1.29, 1.82) is 5.41 Å². The lowest BCUT2D eigenvalue weighted by Crippen LogP contribution is -2.30. The molecule has 0 spiro atoms. The summed E-state index contributed by atoms with van der Waals surface area (Å²) in [5.74, 6) is -0.682. The highest BCUT2D eigenvalue weighted by Gasteiger charge is 2.13. The lowest BCUT2D eigenvalue weighted by molar-refractivity contribution is -0.142. The molecule has 0 radical (unpaired) electrons. The van der Waals surface area contributed by atoms with Crippen molar-refractivity contribution in [3.63, 3.8) is 0 Å². The summed E-state index contributed by atoms with van der Waals surface area (Å²) in [6.45, 7) is 8.69. The highest BCUT2D eigenvalue weighted by molar-refractivity contribution is 6.31. The molecule has 43 heavy (non-hydrogen) atoms. The maximum Gasteiger partial charge on any atom is 0.307 e. The summed E-state index contributed by atoms with van der Waals surface area (Å²) in [4.78, 5) is 40.8. The molecule has 224 valence electrons. The van der Waals surface area contributed by atoms with Crippen LogP contribution in [0.3, 0.4) is 0 Å². The molecule has 0 saturated heterocycles. The van der Waals surface area contributed by atoms with Gasteiger partial charge in [-0.1, -0.05) is 48.0 Å². The molecule has 2 heterocycles. The molecule has 0 unspecified atom stereocenters. The average Bonchev–Trinajstić information content (AvgIpc) is 3.00. The average molecular weight is 602 g/mol. The van der Waals surface area contributed by atoms with E-state index in [1.807, 2.05) is 25.1 Å². The van der Waals surface area contributed by atoms with Crippen molar-refractivity contribution in [3.8, 4) is 0 Å². The van der Waals surface area contributed by atoms with Gasteiger partial charge >= 0.3 is 5.97 Å². The third kappa shape index (κ3) is 10.5. The fourth-order valence-corrected chi connectivity index (χ4v) is 4.30. The van der Waals surface area contributed by atoms with Crippen molar-refractivity contribution in [2.45, 2.75) is 33.2 Å². The molecule has 0 aliphatic rings. The predicted molar refractivity (Wildman–Crippen MR) is 171 cm³/mol. The quantitative estimate of drug-likeness (QED) is 0.122. The van der Waals surface area contributed by atoms with E-state index in [1.165, 1.54) is 12.3 Å². The summed E-state index contributed by atoms with van der Waals surface area (Å²) in [7, 11) is 0. The molecule has 3 rings (SSSR count). The van der Waals surface area contributed by atoms with Gasteiger partial charge in [0, 0.05) is 54.0 Å². The van der Waals surface area contributed by atoms with Crippen molar-refractivity contribution in [3.05, 3.63) is 129 Å². The Bertz CT molecular complexity index is 1590. The Balaban J connectivity index is 1.62. The van der Waals surface area contributed by atoms with E-state index < -0.39 is 0 Å². The predicted octanol–water partition coefficient (Wildman–Crippen LogP) is 5.36.